The van der Waals surface area contributed by atoms with Gasteiger partial charge in [0.1, 0.15) is 0 Å². The van der Waals surface area contributed by atoms with E-state index in [2.05, 4.69) is 48.0 Å². The number of piperidine rings is 1. The van der Waals surface area contributed by atoms with Gasteiger partial charge in [-0.15, -0.1) is 0 Å². The molecule has 2 aliphatic heterocycles. The number of hydrogen-bond acceptors (Lipinski definition) is 1. The minimum absolute atomic E-state index is 0.211. The molecule has 2 unspecified atom stereocenters. The first-order valence-corrected chi connectivity index (χ1v) is 9.11. The molecule has 2 aromatic rings. The number of benzene rings is 1. The van der Waals surface area contributed by atoms with Crippen LogP contribution in [0.4, 0.5) is 0 Å². The van der Waals surface area contributed by atoms with E-state index in [0.29, 0.717) is 0 Å². The van der Waals surface area contributed by atoms with Gasteiger partial charge in [0, 0.05) is 22.6 Å². The Morgan fingerprint density at radius 3 is 3.00 bits per heavy atom. The summed E-state index contributed by atoms with van der Waals surface area (Å²) in [5, 5.41) is 1.46. The van der Waals surface area contributed by atoms with E-state index in [1.54, 1.807) is 5.56 Å². The zero-order valence-corrected chi connectivity index (χ0v) is 14.0. The molecular formula is C20H28N2. The fraction of sp³-hybridized carbons (Fsp3) is 0.600. The van der Waals surface area contributed by atoms with E-state index in [1.165, 1.54) is 68.1 Å². The predicted octanol–water partition coefficient (Wildman–Crippen LogP) is 4.98. The average Bonchev–Trinajstić information content (AvgIpc) is 2.83. The second-order valence-corrected chi connectivity index (χ2v) is 7.43. The minimum atomic E-state index is 0.211. The van der Waals surface area contributed by atoms with Crippen molar-refractivity contribution in [1.29, 1.82) is 0 Å². The lowest BCUT2D eigenvalue weighted by Crippen LogP contribution is -2.52. The number of nitrogens with one attached hydrogen (secondary N) is 1. The van der Waals surface area contributed by atoms with Crippen LogP contribution in [0.2, 0.25) is 0 Å². The molecule has 0 bridgehead atoms. The van der Waals surface area contributed by atoms with Crippen LogP contribution in [0.15, 0.2) is 24.3 Å². The van der Waals surface area contributed by atoms with Crippen LogP contribution >= 0.6 is 0 Å². The number of aromatic nitrogens is 1. The van der Waals surface area contributed by atoms with Crippen LogP contribution < -0.4 is 0 Å². The van der Waals surface area contributed by atoms with E-state index in [1.807, 2.05) is 0 Å². The summed E-state index contributed by atoms with van der Waals surface area (Å²) < 4.78 is 0. The smallest absolute Gasteiger partial charge is 0.0588 e. The molecule has 118 valence electrons. The molecule has 3 heterocycles. The summed E-state index contributed by atoms with van der Waals surface area (Å²) >= 11 is 0. The van der Waals surface area contributed by atoms with Crippen LogP contribution in [-0.4, -0.2) is 22.5 Å². The predicted molar refractivity (Wildman–Crippen MR) is 93.2 cm³/mol. The maximum Gasteiger partial charge on any atom is 0.0588 e. The van der Waals surface area contributed by atoms with Crippen LogP contribution in [0.3, 0.4) is 0 Å². The van der Waals surface area contributed by atoms with Gasteiger partial charge in [0.15, 0.2) is 0 Å². The van der Waals surface area contributed by atoms with Crippen LogP contribution in [0.5, 0.6) is 0 Å². The van der Waals surface area contributed by atoms with Crippen LogP contribution in [0, 0.1) is 0 Å². The van der Waals surface area contributed by atoms with Crippen molar-refractivity contribution in [2.24, 2.45) is 0 Å². The van der Waals surface area contributed by atoms with Gasteiger partial charge in [0.05, 0.1) is 5.54 Å². The zero-order valence-electron chi connectivity index (χ0n) is 14.0. The number of rotatable bonds is 2. The normalized spacial score (nSPS) is 29.1. The van der Waals surface area contributed by atoms with E-state index in [4.69, 9.17) is 0 Å². The van der Waals surface area contributed by atoms with Crippen molar-refractivity contribution >= 4 is 10.9 Å². The number of hydrogen-bond donors (Lipinski definition) is 1. The van der Waals surface area contributed by atoms with Crippen molar-refractivity contribution in [3.05, 3.63) is 35.5 Å². The minimum Gasteiger partial charge on any atom is -0.357 e. The van der Waals surface area contributed by atoms with Gasteiger partial charge < -0.3 is 4.98 Å². The quantitative estimate of drug-likeness (QED) is 0.827. The topological polar surface area (TPSA) is 19.0 Å². The number of fused-ring (bicyclic) bond motifs is 5. The third kappa shape index (κ3) is 2.04. The highest BCUT2D eigenvalue weighted by molar-refractivity contribution is 5.85. The lowest BCUT2D eigenvalue weighted by molar-refractivity contribution is 0.00409. The van der Waals surface area contributed by atoms with E-state index < -0.39 is 0 Å². The number of H-pyrrole nitrogens is 1. The lowest BCUT2D eigenvalue weighted by Gasteiger charge is -2.49. The first-order chi connectivity index (χ1) is 10.7. The molecule has 1 N–H and O–H groups in total. The molecule has 0 amide bonds. The monoisotopic (exact) mass is 296 g/mol. The maximum absolute atomic E-state index is 3.82. The summed E-state index contributed by atoms with van der Waals surface area (Å²) in [6.07, 6.45) is 9.23. The Morgan fingerprint density at radius 1 is 1.27 bits per heavy atom. The Balaban J connectivity index is 1.85. The number of nitrogens with zero attached hydrogens (tertiary/aromatic N) is 1. The number of para-hydroxylation sites is 1. The van der Waals surface area contributed by atoms with E-state index >= 15 is 0 Å². The van der Waals surface area contributed by atoms with E-state index in [9.17, 15) is 0 Å². The Morgan fingerprint density at radius 2 is 2.14 bits per heavy atom. The number of aryl methyl sites for hydroxylation is 1. The van der Waals surface area contributed by atoms with Gasteiger partial charge in [0.2, 0.25) is 0 Å². The molecule has 0 aliphatic carbocycles. The molecule has 2 nitrogen and oxygen atoms in total. The molecule has 1 fully saturated rings. The molecule has 2 atom stereocenters. The van der Waals surface area contributed by atoms with Gasteiger partial charge >= 0.3 is 0 Å². The molecule has 2 aliphatic rings. The molecule has 0 saturated carbocycles. The molecule has 1 aromatic carbocycles. The van der Waals surface area contributed by atoms with Gasteiger partial charge in [-0.1, -0.05) is 31.5 Å². The van der Waals surface area contributed by atoms with Gasteiger partial charge in [-0.05, 0) is 63.6 Å². The summed E-state index contributed by atoms with van der Waals surface area (Å²) in [5.74, 6) is 0. The molecule has 4 rings (SSSR count). The summed E-state index contributed by atoms with van der Waals surface area (Å²) in [6, 6.07) is 9.66. The van der Waals surface area contributed by atoms with E-state index in [0.717, 1.165) is 6.04 Å². The molecular weight excluding hydrogens is 268 g/mol. The first-order valence-electron chi connectivity index (χ1n) is 9.11. The Hall–Kier alpha value is -1.28. The largest absolute Gasteiger partial charge is 0.357 e. The molecule has 1 aromatic heterocycles. The highest BCUT2D eigenvalue weighted by atomic mass is 15.2. The summed E-state index contributed by atoms with van der Waals surface area (Å²) in [5.41, 5.74) is 4.65. The zero-order chi connectivity index (χ0) is 15.2. The van der Waals surface area contributed by atoms with Gasteiger partial charge in [0.25, 0.3) is 0 Å². The van der Waals surface area contributed by atoms with Crippen molar-refractivity contribution in [2.45, 2.75) is 70.4 Å². The van der Waals surface area contributed by atoms with Crippen molar-refractivity contribution in [1.82, 2.24) is 9.88 Å². The molecule has 0 radical (unpaired) electrons. The maximum atomic E-state index is 3.82. The second kappa shape index (κ2) is 5.42. The van der Waals surface area contributed by atoms with Crippen LogP contribution in [-0.2, 0) is 12.0 Å². The fourth-order valence-corrected chi connectivity index (χ4v) is 5.06. The van der Waals surface area contributed by atoms with Crippen molar-refractivity contribution in [2.75, 3.05) is 6.54 Å². The molecule has 2 heteroatoms. The number of aromatic amines is 1. The SMILES string of the molecule is CCCC1CCCC2(C)c3[nH]c4ccccc4c3CCCN12. The summed E-state index contributed by atoms with van der Waals surface area (Å²) in [7, 11) is 0. The fourth-order valence-electron chi connectivity index (χ4n) is 5.06. The van der Waals surface area contributed by atoms with Crippen LogP contribution in [0.1, 0.15) is 63.6 Å². The third-order valence-electron chi connectivity index (χ3n) is 6.08. The molecule has 0 spiro atoms. The summed E-state index contributed by atoms with van der Waals surface area (Å²) in [6.45, 7) is 6.09. The molecule has 22 heavy (non-hydrogen) atoms. The average molecular weight is 296 g/mol. The Kier molecular flexibility index (Phi) is 3.53. The van der Waals surface area contributed by atoms with Gasteiger partial charge in [-0.3, -0.25) is 4.90 Å². The van der Waals surface area contributed by atoms with Gasteiger partial charge in [-0.2, -0.15) is 0 Å². The third-order valence-corrected chi connectivity index (χ3v) is 6.08. The van der Waals surface area contributed by atoms with E-state index in [-0.39, 0.29) is 5.54 Å². The van der Waals surface area contributed by atoms with Crippen molar-refractivity contribution in [3.8, 4) is 0 Å². The first kappa shape index (κ1) is 14.3. The highest BCUT2D eigenvalue weighted by Crippen LogP contribution is 2.45. The Labute approximate surface area is 133 Å². The second-order valence-electron chi connectivity index (χ2n) is 7.43. The van der Waals surface area contributed by atoms with Crippen molar-refractivity contribution in [3.63, 3.8) is 0 Å². The summed E-state index contributed by atoms with van der Waals surface area (Å²) in [4.78, 5) is 6.67. The van der Waals surface area contributed by atoms with Crippen molar-refractivity contribution < 1.29 is 0 Å². The highest BCUT2D eigenvalue weighted by Gasteiger charge is 2.44. The van der Waals surface area contributed by atoms with Crippen LogP contribution in [0.25, 0.3) is 10.9 Å². The van der Waals surface area contributed by atoms with Gasteiger partial charge in [-0.25, -0.2) is 0 Å². The Bertz CT molecular complexity index is 669. The standard InChI is InChI=1S/C20H28N2/c1-3-8-15-9-6-13-20(2)19-17(11-7-14-22(15)20)16-10-4-5-12-18(16)21-19/h4-5,10,12,15,21H,3,6-9,11,13-14H2,1-2H3. The lowest BCUT2D eigenvalue weighted by atomic mass is 9.80. The molecule has 1 saturated heterocycles.